The molecule has 0 radical (unpaired) electrons. The number of nitro groups is 1. The summed E-state index contributed by atoms with van der Waals surface area (Å²) in [5, 5.41) is 20.1. The summed E-state index contributed by atoms with van der Waals surface area (Å²) < 4.78 is -1.63. The molecule has 1 aliphatic carbocycles. The predicted octanol–water partition coefficient (Wildman–Crippen LogP) is 1.41. The summed E-state index contributed by atoms with van der Waals surface area (Å²) in [6.45, 7) is 0. The zero-order valence-electron chi connectivity index (χ0n) is 5.78. The molecule has 6 heteroatoms. The molecule has 4 nitrogen and oxygen atoms in total. The van der Waals surface area contributed by atoms with Crippen LogP contribution in [0, 0.1) is 10.1 Å². The Bertz CT molecular complexity index is 274. The third-order valence-electron chi connectivity index (χ3n) is 1.44. The summed E-state index contributed by atoms with van der Waals surface area (Å²) >= 11 is 8.33. The number of hydrogen-bond donors (Lipinski definition) is 1. The average Bonchev–Trinajstić information content (AvgIpc) is 1.94. The van der Waals surface area contributed by atoms with Crippen LogP contribution in [0.3, 0.4) is 0 Å². The van der Waals surface area contributed by atoms with Gasteiger partial charge in [-0.3, -0.25) is 10.1 Å². The lowest BCUT2D eigenvalue weighted by atomic mass is 10.1. The fourth-order valence-electron chi connectivity index (χ4n) is 0.827. The van der Waals surface area contributed by atoms with Crippen LogP contribution in [0.5, 0.6) is 0 Å². The summed E-state index contributed by atoms with van der Waals surface area (Å²) in [7, 11) is 0. The Labute approximate surface area is 81.8 Å². The summed E-state index contributed by atoms with van der Waals surface area (Å²) in [6.07, 6.45) is 3.81. The second kappa shape index (κ2) is 3.16. The Morgan fingerprint density at radius 3 is 2.83 bits per heavy atom. The quantitative estimate of drug-likeness (QED) is 0.437. The molecule has 2 unspecified atom stereocenters. The van der Waals surface area contributed by atoms with Crippen LogP contribution >= 0.6 is 27.5 Å². The molecule has 1 rings (SSSR count). The van der Waals surface area contributed by atoms with E-state index in [1.807, 2.05) is 0 Å². The van der Waals surface area contributed by atoms with Crippen LogP contribution in [0.1, 0.15) is 0 Å². The van der Waals surface area contributed by atoms with Crippen molar-refractivity contribution in [3.63, 3.8) is 0 Å². The van der Waals surface area contributed by atoms with Gasteiger partial charge < -0.3 is 5.11 Å². The highest BCUT2D eigenvalue weighted by Crippen LogP contribution is 2.30. The standard InChI is InChI=1S/C6H5BrClNO3/c7-6(10)2-1-4(8)3-5(6)9(11)12/h1-3,5,10H. The molecule has 0 amide bonds. The highest BCUT2D eigenvalue weighted by Gasteiger charge is 2.41. The fraction of sp³-hybridized carbons (Fsp3) is 0.333. The monoisotopic (exact) mass is 253 g/mol. The zero-order valence-corrected chi connectivity index (χ0v) is 8.12. The van der Waals surface area contributed by atoms with E-state index < -0.39 is 15.5 Å². The van der Waals surface area contributed by atoms with Gasteiger partial charge in [-0.25, -0.2) is 0 Å². The topological polar surface area (TPSA) is 63.4 Å². The number of nitrogens with zero attached hydrogens (tertiary/aromatic N) is 1. The van der Waals surface area contributed by atoms with Crippen molar-refractivity contribution in [2.45, 2.75) is 10.6 Å². The normalized spacial score (nSPS) is 34.6. The Morgan fingerprint density at radius 1 is 1.83 bits per heavy atom. The number of rotatable bonds is 1. The van der Waals surface area contributed by atoms with Gasteiger partial charge in [0, 0.05) is 16.0 Å². The molecule has 12 heavy (non-hydrogen) atoms. The van der Waals surface area contributed by atoms with E-state index in [2.05, 4.69) is 15.9 Å². The van der Waals surface area contributed by atoms with E-state index >= 15 is 0 Å². The van der Waals surface area contributed by atoms with E-state index in [9.17, 15) is 15.2 Å². The Balaban J connectivity index is 2.98. The van der Waals surface area contributed by atoms with Crippen molar-refractivity contribution in [3.05, 3.63) is 33.4 Å². The molecular formula is C6H5BrClNO3. The van der Waals surface area contributed by atoms with Gasteiger partial charge in [0.05, 0.1) is 0 Å². The second-order valence-electron chi connectivity index (χ2n) is 2.34. The van der Waals surface area contributed by atoms with Crippen molar-refractivity contribution in [2.75, 3.05) is 0 Å². The summed E-state index contributed by atoms with van der Waals surface area (Å²) in [5.41, 5.74) is 0. The molecule has 1 N–H and O–H groups in total. The van der Waals surface area contributed by atoms with Gasteiger partial charge in [0.2, 0.25) is 4.51 Å². The van der Waals surface area contributed by atoms with Gasteiger partial charge in [0.25, 0.3) is 6.04 Å². The number of aliphatic hydroxyl groups is 1. The predicted molar refractivity (Wildman–Crippen MR) is 47.7 cm³/mol. The summed E-state index contributed by atoms with van der Waals surface area (Å²) in [6, 6.07) is -1.24. The fourth-order valence-corrected chi connectivity index (χ4v) is 1.44. The van der Waals surface area contributed by atoms with Gasteiger partial charge in [0.15, 0.2) is 0 Å². The van der Waals surface area contributed by atoms with E-state index in [0.29, 0.717) is 0 Å². The molecule has 2 atom stereocenters. The molecular weight excluding hydrogens is 249 g/mol. The van der Waals surface area contributed by atoms with Gasteiger partial charge in [-0.2, -0.15) is 0 Å². The van der Waals surface area contributed by atoms with Crippen LogP contribution in [0.4, 0.5) is 0 Å². The van der Waals surface area contributed by atoms with Gasteiger partial charge in [-0.05, 0) is 28.1 Å². The molecule has 0 aromatic rings. The maximum atomic E-state index is 10.4. The van der Waals surface area contributed by atoms with Gasteiger partial charge in [-0.15, -0.1) is 0 Å². The molecule has 0 saturated heterocycles. The molecule has 0 bridgehead atoms. The van der Waals surface area contributed by atoms with Crippen molar-refractivity contribution >= 4 is 27.5 Å². The molecule has 0 saturated carbocycles. The van der Waals surface area contributed by atoms with E-state index in [0.717, 1.165) is 0 Å². The van der Waals surface area contributed by atoms with Crippen molar-refractivity contribution in [3.8, 4) is 0 Å². The molecule has 0 heterocycles. The van der Waals surface area contributed by atoms with E-state index in [-0.39, 0.29) is 5.03 Å². The van der Waals surface area contributed by atoms with Crippen molar-refractivity contribution < 1.29 is 10.0 Å². The Morgan fingerprint density at radius 2 is 2.42 bits per heavy atom. The van der Waals surface area contributed by atoms with E-state index in [4.69, 9.17) is 11.6 Å². The summed E-state index contributed by atoms with van der Waals surface area (Å²) in [4.78, 5) is 9.78. The highest BCUT2D eigenvalue weighted by atomic mass is 79.9. The smallest absolute Gasteiger partial charge is 0.274 e. The lowest BCUT2D eigenvalue weighted by molar-refractivity contribution is -0.521. The first-order valence-corrected chi connectivity index (χ1v) is 4.22. The highest BCUT2D eigenvalue weighted by molar-refractivity contribution is 9.10. The van der Waals surface area contributed by atoms with E-state index in [1.165, 1.54) is 18.2 Å². The van der Waals surface area contributed by atoms with Crippen molar-refractivity contribution in [1.29, 1.82) is 0 Å². The van der Waals surface area contributed by atoms with Crippen LogP contribution in [0.2, 0.25) is 0 Å². The molecule has 66 valence electrons. The molecule has 1 aliphatic rings. The SMILES string of the molecule is O=[N+]([O-])C1C=C(Cl)C=CC1(O)Br. The first kappa shape index (κ1) is 9.70. The number of allylic oxidation sites excluding steroid dienone is 2. The maximum absolute atomic E-state index is 10.4. The van der Waals surface area contributed by atoms with Crippen LogP contribution in [-0.2, 0) is 0 Å². The minimum absolute atomic E-state index is 0.251. The lowest BCUT2D eigenvalue weighted by Gasteiger charge is -2.21. The number of halogens is 2. The molecule has 0 aromatic carbocycles. The lowest BCUT2D eigenvalue weighted by Crippen LogP contribution is -2.40. The van der Waals surface area contributed by atoms with E-state index in [1.54, 1.807) is 0 Å². The largest absolute Gasteiger partial charge is 0.369 e. The Hall–Kier alpha value is -0.390. The van der Waals surface area contributed by atoms with Crippen LogP contribution in [-0.4, -0.2) is 20.6 Å². The Kier molecular flexibility index (Phi) is 2.55. The number of hydrogen-bond acceptors (Lipinski definition) is 3. The molecule has 0 aromatic heterocycles. The van der Waals surface area contributed by atoms with Gasteiger partial charge >= 0.3 is 0 Å². The van der Waals surface area contributed by atoms with Crippen molar-refractivity contribution in [2.24, 2.45) is 0 Å². The van der Waals surface area contributed by atoms with Crippen LogP contribution in [0.15, 0.2) is 23.3 Å². The first-order chi connectivity index (χ1) is 5.43. The van der Waals surface area contributed by atoms with Crippen molar-refractivity contribution in [1.82, 2.24) is 0 Å². The zero-order chi connectivity index (χ0) is 9.35. The van der Waals surface area contributed by atoms with Gasteiger partial charge in [-0.1, -0.05) is 11.6 Å². The minimum atomic E-state index is -1.63. The van der Waals surface area contributed by atoms with Crippen LogP contribution in [0.25, 0.3) is 0 Å². The summed E-state index contributed by atoms with van der Waals surface area (Å²) in [5.74, 6) is 0. The maximum Gasteiger partial charge on any atom is 0.274 e. The molecule has 0 spiro atoms. The average molecular weight is 254 g/mol. The number of alkyl halides is 1. The van der Waals surface area contributed by atoms with Gasteiger partial charge in [0.1, 0.15) is 0 Å². The molecule has 0 fully saturated rings. The third-order valence-corrected chi connectivity index (χ3v) is 2.42. The molecule has 0 aliphatic heterocycles. The second-order valence-corrected chi connectivity index (χ2v) is 4.05. The first-order valence-electron chi connectivity index (χ1n) is 3.05. The van der Waals surface area contributed by atoms with Crippen LogP contribution < -0.4 is 0 Å². The third kappa shape index (κ3) is 1.85. The minimum Gasteiger partial charge on any atom is -0.369 e.